The Morgan fingerprint density at radius 2 is 2.00 bits per heavy atom. The Labute approximate surface area is 132 Å². The molecule has 0 aliphatic heterocycles. The van der Waals surface area contributed by atoms with Crippen molar-refractivity contribution in [2.24, 2.45) is 0 Å². The van der Waals surface area contributed by atoms with Crippen LogP contribution in [0.2, 0.25) is 0 Å². The molecule has 0 spiro atoms. The molecule has 0 radical (unpaired) electrons. The molecule has 0 aromatic heterocycles. The normalized spacial score (nSPS) is 10.7. The van der Waals surface area contributed by atoms with Crippen LogP contribution in [0.25, 0.3) is 6.08 Å². The standard InChI is InChI=1S/C17H13N3O3/c1-12-4-2-6-15(8-12)19-17(21)14(11-18)9-13-5-3-7-16(10-13)20(22)23/h2-10H,1H3,(H,19,21)/b14-9-. The number of nitro groups is 1. The second-order valence-corrected chi connectivity index (χ2v) is 4.85. The van der Waals surface area contributed by atoms with Crippen molar-refractivity contribution in [3.63, 3.8) is 0 Å². The number of nitro benzene ring substituents is 1. The highest BCUT2D eigenvalue weighted by Crippen LogP contribution is 2.17. The van der Waals surface area contributed by atoms with Gasteiger partial charge in [0.2, 0.25) is 0 Å². The van der Waals surface area contributed by atoms with Gasteiger partial charge in [-0.05, 0) is 36.3 Å². The van der Waals surface area contributed by atoms with E-state index in [-0.39, 0.29) is 11.3 Å². The van der Waals surface area contributed by atoms with E-state index >= 15 is 0 Å². The second kappa shape index (κ2) is 7.00. The summed E-state index contributed by atoms with van der Waals surface area (Å²) in [6.07, 6.45) is 1.32. The lowest BCUT2D eigenvalue weighted by molar-refractivity contribution is -0.384. The van der Waals surface area contributed by atoms with Crippen LogP contribution in [-0.4, -0.2) is 10.8 Å². The van der Waals surface area contributed by atoms with Crippen LogP contribution in [0, 0.1) is 28.4 Å². The summed E-state index contributed by atoms with van der Waals surface area (Å²) in [5.74, 6) is -0.565. The molecule has 23 heavy (non-hydrogen) atoms. The number of hydrogen-bond donors (Lipinski definition) is 1. The molecule has 1 N–H and O–H groups in total. The molecular weight excluding hydrogens is 294 g/mol. The fourth-order valence-corrected chi connectivity index (χ4v) is 1.96. The Morgan fingerprint density at radius 3 is 2.65 bits per heavy atom. The zero-order valence-corrected chi connectivity index (χ0v) is 12.3. The van der Waals surface area contributed by atoms with Gasteiger partial charge in [0.1, 0.15) is 11.6 Å². The summed E-state index contributed by atoms with van der Waals surface area (Å²) in [6.45, 7) is 1.89. The van der Waals surface area contributed by atoms with E-state index in [0.29, 0.717) is 11.3 Å². The monoisotopic (exact) mass is 307 g/mol. The molecule has 6 nitrogen and oxygen atoms in total. The molecule has 0 unspecified atom stereocenters. The van der Waals surface area contributed by atoms with E-state index in [2.05, 4.69) is 5.32 Å². The molecule has 0 heterocycles. The third-order valence-electron chi connectivity index (χ3n) is 3.03. The number of hydrogen-bond acceptors (Lipinski definition) is 4. The summed E-state index contributed by atoms with van der Waals surface area (Å²) in [5, 5.41) is 22.5. The molecule has 0 atom stereocenters. The van der Waals surface area contributed by atoms with E-state index in [9.17, 15) is 14.9 Å². The van der Waals surface area contributed by atoms with E-state index in [1.54, 1.807) is 24.3 Å². The lowest BCUT2D eigenvalue weighted by Crippen LogP contribution is -2.13. The fraction of sp³-hybridized carbons (Fsp3) is 0.0588. The number of carbonyl (C=O) groups excluding carboxylic acids is 1. The van der Waals surface area contributed by atoms with E-state index in [1.165, 1.54) is 24.3 Å². The molecule has 0 fully saturated rings. The van der Waals surface area contributed by atoms with Crippen LogP contribution in [0.5, 0.6) is 0 Å². The van der Waals surface area contributed by atoms with Crippen LogP contribution >= 0.6 is 0 Å². The van der Waals surface area contributed by atoms with Crippen LogP contribution in [0.15, 0.2) is 54.1 Å². The molecule has 2 aromatic rings. The van der Waals surface area contributed by atoms with Gasteiger partial charge in [-0.3, -0.25) is 14.9 Å². The molecule has 0 aliphatic rings. The van der Waals surface area contributed by atoms with Crippen LogP contribution in [0.1, 0.15) is 11.1 Å². The van der Waals surface area contributed by atoms with Gasteiger partial charge in [-0.2, -0.15) is 5.26 Å². The summed E-state index contributed by atoms with van der Waals surface area (Å²) in [6, 6.07) is 14.7. The van der Waals surface area contributed by atoms with Gasteiger partial charge >= 0.3 is 0 Å². The van der Waals surface area contributed by atoms with Gasteiger partial charge in [-0.1, -0.05) is 24.3 Å². The van der Waals surface area contributed by atoms with Gasteiger partial charge in [-0.25, -0.2) is 0 Å². The molecule has 0 aliphatic carbocycles. The van der Waals surface area contributed by atoms with Crippen molar-refractivity contribution >= 4 is 23.4 Å². The average molecular weight is 307 g/mol. The average Bonchev–Trinajstić information content (AvgIpc) is 2.52. The number of amides is 1. The summed E-state index contributed by atoms with van der Waals surface area (Å²) in [4.78, 5) is 22.4. The van der Waals surface area contributed by atoms with E-state index in [4.69, 9.17) is 5.26 Å². The smallest absolute Gasteiger partial charge is 0.270 e. The Hall–Kier alpha value is -3.46. The topological polar surface area (TPSA) is 96.0 Å². The number of nitriles is 1. The molecule has 114 valence electrons. The van der Waals surface area contributed by atoms with Gasteiger partial charge in [0.05, 0.1) is 4.92 Å². The van der Waals surface area contributed by atoms with Crippen molar-refractivity contribution in [3.05, 3.63) is 75.3 Å². The van der Waals surface area contributed by atoms with E-state index < -0.39 is 10.8 Å². The predicted molar refractivity (Wildman–Crippen MR) is 86.5 cm³/mol. The lowest BCUT2D eigenvalue weighted by atomic mass is 10.1. The van der Waals surface area contributed by atoms with Gasteiger partial charge in [0.15, 0.2) is 0 Å². The quantitative estimate of drug-likeness (QED) is 0.405. The van der Waals surface area contributed by atoms with Gasteiger partial charge in [0, 0.05) is 17.8 Å². The van der Waals surface area contributed by atoms with Crippen molar-refractivity contribution in [1.29, 1.82) is 5.26 Å². The fourth-order valence-electron chi connectivity index (χ4n) is 1.96. The predicted octanol–water partition coefficient (Wildman–Crippen LogP) is 3.45. The number of nitrogens with zero attached hydrogens (tertiary/aromatic N) is 2. The number of benzene rings is 2. The number of rotatable bonds is 4. The van der Waals surface area contributed by atoms with Crippen molar-refractivity contribution < 1.29 is 9.72 Å². The number of non-ortho nitro benzene ring substituents is 1. The van der Waals surface area contributed by atoms with Gasteiger partial charge in [0.25, 0.3) is 11.6 Å². The maximum Gasteiger partial charge on any atom is 0.270 e. The minimum atomic E-state index is -0.565. The first kappa shape index (κ1) is 15.9. The van der Waals surface area contributed by atoms with E-state index in [1.807, 2.05) is 19.1 Å². The third kappa shape index (κ3) is 4.25. The highest BCUT2D eigenvalue weighted by atomic mass is 16.6. The highest BCUT2D eigenvalue weighted by Gasteiger charge is 2.11. The Kier molecular flexibility index (Phi) is 4.85. The lowest BCUT2D eigenvalue weighted by Gasteiger charge is -2.05. The van der Waals surface area contributed by atoms with Crippen LogP contribution in [-0.2, 0) is 4.79 Å². The highest BCUT2D eigenvalue weighted by molar-refractivity contribution is 6.09. The van der Waals surface area contributed by atoms with Crippen molar-refractivity contribution in [2.45, 2.75) is 6.92 Å². The Balaban J connectivity index is 2.25. The van der Waals surface area contributed by atoms with Crippen molar-refractivity contribution in [1.82, 2.24) is 0 Å². The first-order valence-electron chi connectivity index (χ1n) is 6.74. The molecule has 6 heteroatoms. The molecule has 0 bridgehead atoms. The SMILES string of the molecule is Cc1cccc(NC(=O)/C(C#N)=C\c2cccc([N+](=O)[O-])c2)c1. The number of nitrogens with one attached hydrogen (secondary N) is 1. The summed E-state index contributed by atoms with van der Waals surface area (Å²) >= 11 is 0. The van der Waals surface area contributed by atoms with Crippen molar-refractivity contribution in [3.8, 4) is 6.07 Å². The zero-order chi connectivity index (χ0) is 16.8. The molecular formula is C17H13N3O3. The maximum absolute atomic E-state index is 12.1. The van der Waals surface area contributed by atoms with Crippen molar-refractivity contribution in [2.75, 3.05) is 5.32 Å². The number of aryl methyl sites for hydroxylation is 1. The Morgan fingerprint density at radius 1 is 1.26 bits per heavy atom. The molecule has 0 saturated heterocycles. The maximum atomic E-state index is 12.1. The van der Waals surface area contributed by atoms with Gasteiger partial charge in [-0.15, -0.1) is 0 Å². The second-order valence-electron chi connectivity index (χ2n) is 4.85. The van der Waals surface area contributed by atoms with Crippen LogP contribution in [0.3, 0.4) is 0 Å². The number of carbonyl (C=O) groups is 1. The molecule has 2 aromatic carbocycles. The largest absolute Gasteiger partial charge is 0.321 e. The zero-order valence-electron chi connectivity index (χ0n) is 12.3. The Bertz CT molecular complexity index is 835. The number of anilines is 1. The minimum Gasteiger partial charge on any atom is -0.321 e. The molecule has 1 amide bonds. The molecule has 2 rings (SSSR count). The molecule has 0 saturated carbocycles. The van der Waals surface area contributed by atoms with E-state index in [0.717, 1.165) is 5.56 Å². The summed E-state index contributed by atoms with van der Waals surface area (Å²) < 4.78 is 0. The summed E-state index contributed by atoms with van der Waals surface area (Å²) in [5.41, 5.74) is 1.73. The van der Waals surface area contributed by atoms with Crippen LogP contribution in [0.4, 0.5) is 11.4 Å². The summed E-state index contributed by atoms with van der Waals surface area (Å²) in [7, 11) is 0. The first-order valence-corrected chi connectivity index (χ1v) is 6.74. The van der Waals surface area contributed by atoms with Gasteiger partial charge < -0.3 is 5.32 Å². The first-order chi connectivity index (χ1) is 11.0. The third-order valence-corrected chi connectivity index (χ3v) is 3.03. The minimum absolute atomic E-state index is 0.102. The van der Waals surface area contributed by atoms with Crippen LogP contribution < -0.4 is 5.32 Å².